The number of nitrogens with zero attached hydrogens (tertiary/aromatic N) is 1. The van der Waals surface area contributed by atoms with E-state index in [0.717, 1.165) is 24.8 Å². The molecule has 6 heteroatoms. The molecule has 1 aromatic rings. The number of nitro benzene ring substituents is 1. The molecule has 0 saturated heterocycles. The van der Waals surface area contributed by atoms with Crippen molar-refractivity contribution in [3.63, 3.8) is 0 Å². The van der Waals surface area contributed by atoms with Gasteiger partial charge in [-0.1, -0.05) is 0 Å². The Labute approximate surface area is 117 Å². The van der Waals surface area contributed by atoms with Crippen molar-refractivity contribution in [2.45, 2.75) is 45.1 Å². The second-order valence-electron chi connectivity index (χ2n) is 5.65. The summed E-state index contributed by atoms with van der Waals surface area (Å²) in [5, 5.41) is 13.7. The molecule has 1 aliphatic rings. The molecule has 6 nitrogen and oxygen atoms in total. The van der Waals surface area contributed by atoms with Gasteiger partial charge >= 0.3 is 0 Å². The number of anilines is 1. The van der Waals surface area contributed by atoms with E-state index in [4.69, 9.17) is 5.73 Å². The lowest BCUT2D eigenvalue weighted by Gasteiger charge is -2.37. The molecule has 0 heterocycles. The van der Waals surface area contributed by atoms with Crippen molar-refractivity contribution < 1.29 is 9.72 Å². The highest BCUT2D eigenvalue weighted by molar-refractivity contribution is 5.92. The molecule has 0 aromatic heterocycles. The Morgan fingerprint density at radius 1 is 1.40 bits per heavy atom. The number of hydrogen-bond acceptors (Lipinski definition) is 4. The number of nitrogens with one attached hydrogen (secondary N) is 1. The zero-order chi connectivity index (χ0) is 14.9. The molecular weight excluding hydrogens is 258 g/mol. The summed E-state index contributed by atoms with van der Waals surface area (Å²) >= 11 is 0. The zero-order valence-electron chi connectivity index (χ0n) is 11.7. The highest BCUT2D eigenvalue weighted by Crippen LogP contribution is 2.33. The Morgan fingerprint density at radius 3 is 2.55 bits per heavy atom. The van der Waals surface area contributed by atoms with Crippen LogP contribution in [0.15, 0.2) is 12.1 Å². The number of hydrogen-bond donors (Lipinski definition) is 2. The SMILES string of the molecule is Cc1cc(C)c([N+](=O)[O-])cc1NC(=O)CC1(N)CCC1. The minimum atomic E-state index is -0.444. The fraction of sp³-hybridized carbons (Fsp3) is 0.500. The molecule has 0 unspecified atom stereocenters. The van der Waals surface area contributed by atoms with Gasteiger partial charge in [0.25, 0.3) is 5.69 Å². The van der Waals surface area contributed by atoms with Crippen molar-refractivity contribution in [3.8, 4) is 0 Å². The molecule has 1 saturated carbocycles. The van der Waals surface area contributed by atoms with Crippen LogP contribution in [-0.2, 0) is 4.79 Å². The average Bonchev–Trinajstić information content (AvgIpc) is 2.30. The van der Waals surface area contributed by atoms with Gasteiger partial charge in [0.15, 0.2) is 0 Å². The van der Waals surface area contributed by atoms with E-state index in [1.807, 2.05) is 6.92 Å². The largest absolute Gasteiger partial charge is 0.326 e. The number of aryl methyl sites for hydroxylation is 2. The van der Waals surface area contributed by atoms with Gasteiger partial charge in [-0.3, -0.25) is 14.9 Å². The van der Waals surface area contributed by atoms with Crippen molar-refractivity contribution in [1.82, 2.24) is 0 Å². The number of carbonyl (C=O) groups is 1. The van der Waals surface area contributed by atoms with E-state index in [0.29, 0.717) is 11.3 Å². The predicted octanol–water partition coefficient (Wildman–Crippen LogP) is 2.42. The Morgan fingerprint density at radius 2 is 2.05 bits per heavy atom. The van der Waals surface area contributed by atoms with Crippen LogP contribution >= 0.6 is 0 Å². The van der Waals surface area contributed by atoms with Crippen molar-refractivity contribution in [1.29, 1.82) is 0 Å². The Hall–Kier alpha value is -1.95. The first kappa shape index (κ1) is 14.5. The lowest BCUT2D eigenvalue weighted by Crippen LogP contribution is -2.48. The van der Waals surface area contributed by atoms with Gasteiger partial charge in [0, 0.05) is 23.6 Å². The number of benzene rings is 1. The molecule has 1 aromatic carbocycles. The first-order valence-corrected chi connectivity index (χ1v) is 6.65. The quantitative estimate of drug-likeness (QED) is 0.652. The maximum atomic E-state index is 12.0. The third-order valence-corrected chi connectivity index (χ3v) is 3.88. The van der Waals surface area contributed by atoms with Crippen LogP contribution < -0.4 is 11.1 Å². The zero-order valence-corrected chi connectivity index (χ0v) is 11.7. The molecule has 0 radical (unpaired) electrons. The van der Waals surface area contributed by atoms with Gasteiger partial charge in [-0.25, -0.2) is 0 Å². The maximum Gasteiger partial charge on any atom is 0.274 e. The molecule has 0 atom stereocenters. The van der Waals surface area contributed by atoms with Crippen LogP contribution in [0.25, 0.3) is 0 Å². The van der Waals surface area contributed by atoms with Gasteiger partial charge in [0.1, 0.15) is 0 Å². The van der Waals surface area contributed by atoms with Gasteiger partial charge in [-0.05, 0) is 44.7 Å². The molecule has 0 aliphatic heterocycles. The number of carbonyl (C=O) groups excluding carboxylic acids is 1. The Kier molecular flexibility index (Phi) is 3.76. The lowest BCUT2D eigenvalue weighted by atomic mass is 9.75. The van der Waals surface area contributed by atoms with Crippen LogP contribution in [0.3, 0.4) is 0 Å². The van der Waals surface area contributed by atoms with Gasteiger partial charge in [0.2, 0.25) is 5.91 Å². The standard InChI is InChI=1S/C14H19N3O3/c1-9-6-10(2)12(17(19)20)7-11(9)16-13(18)8-14(15)4-3-5-14/h6-7H,3-5,8,15H2,1-2H3,(H,16,18). The smallest absolute Gasteiger partial charge is 0.274 e. The van der Waals surface area contributed by atoms with E-state index < -0.39 is 10.5 Å². The second-order valence-corrected chi connectivity index (χ2v) is 5.65. The minimum absolute atomic E-state index is 0.0111. The van der Waals surface area contributed by atoms with Crippen LogP contribution in [0.1, 0.15) is 36.8 Å². The molecular formula is C14H19N3O3. The Balaban J connectivity index is 2.14. The molecule has 0 spiro atoms. The van der Waals surface area contributed by atoms with Crippen LogP contribution in [0.4, 0.5) is 11.4 Å². The number of nitro groups is 1. The lowest BCUT2D eigenvalue weighted by molar-refractivity contribution is -0.385. The van der Waals surface area contributed by atoms with Crippen molar-refractivity contribution >= 4 is 17.3 Å². The summed E-state index contributed by atoms with van der Waals surface area (Å²) in [6, 6.07) is 3.11. The fourth-order valence-electron chi connectivity index (χ4n) is 2.49. The highest BCUT2D eigenvalue weighted by Gasteiger charge is 2.34. The third-order valence-electron chi connectivity index (χ3n) is 3.88. The molecule has 108 valence electrons. The molecule has 1 amide bonds. The third kappa shape index (κ3) is 2.96. The van der Waals surface area contributed by atoms with E-state index in [1.54, 1.807) is 13.0 Å². The van der Waals surface area contributed by atoms with Crippen LogP contribution in [0.5, 0.6) is 0 Å². The fourth-order valence-corrected chi connectivity index (χ4v) is 2.49. The van der Waals surface area contributed by atoms with Crippen molar-refractivity contribution in [3.05, 3.63) is 33.4 Å². The molecule has 20 heavy (non-hydrogen) atoms. The summed E-state index contributed by atoms with van der Waals surface area (Å²) in [4.78, 5) is 22.5. The average molecular weight is 277 g/mol. The molecule has 0 bridgehead atoms. The minimum Gasteiger partial charge on any atom is -0.326 e. The molecule has 3 N–H and O–H groups in total. The predicted molar refractivity (Wildman–Crippen MR) is 76.6 cm³/mol. The summed E-state index contributed by atoms with van der Waals surface area (Å²) in [6.45, 7) is 3.49. The Bertz CT molecular complexity index is 565. The van der Waals surface area contributed by atoms with Gasteiger partial charge < -0.3 is 11.1 Å². The highest BCUT2D eigenvalue weighted by atomic mass is 16.6. The molecule has 1 aliphatic carbocycles. The van der Waals surface area contributed by atoms with Crippen LogP contribution in [0.2, 0.25) is 0 Å². The van der Waals surface area contributed by atoms with Crippen molar-refractivity contribution in [2.24, 2.45) is 5.73 Å². The van der Waals surface area contributed by atoms with Gasteiger partial charge in [-0.2, -0.15) is 0 Å². The van der Waals surface area contributed by atoms with Crippen LogP contribution in [0, 0.1) is 24.0 Å². The number of nitrogens with two attached hydrogens (primary N) is 1. The summed E-state index contributed by atoms with van der Waals surface area (Å²) in [5.41, 5.74) is 7.52. The summed E-state index contributed by atoms with van der Waals surface area (Å²) in [5.74, 6) is -0.187. The summed E-state index contributed by atoms with van der Waals surface area (Å²) < 4.78 is 0. The normalized spacial score (nSPS) is 16.4. The van der Waals surface area contributed by atoms with E-state index in [-0.39, 0.29) is 18.0 Å². The summed E-state index contributed by atoms with van der Waals surface area (Å²) in [7, 11) is 0. The van der Waals surface area contributed by atoms with Crippen LogP contribution in [-0.4, -0.2) is 16.4 Å². The number of amides is 1. The number of rotatable bonds is 4. The summed E-state index contributed by atoms with van der Waals surface area (Å²) in [6.07, 6.45) is 3.02. The van der Waals surface area contributed by atoms with E-state index in [1.165, 1.54) is 6.07 Å². The first-order chi connectivity index (χ1) is 9.31. The van der Waals surface area contributed by atoms with E-state index >= 15 is 0 Å². The molecule has 1 fully saturated rings. The van der Waals surface area contributed by atoms with E-state index in [2.05, 4.69) is 5.32 Å². The van der Waals surface area contributed by atoms with E-state index in [9.17, 15) is 14.9 Å². The monoisotopic (exact) mass is 277 g/mol. The first-order valence-electron chi connectivity index (χ1n) is 6.65. The topological polar surface area (TPSA) is 98.3 Å². The van der Waals surface area contributed by atoms with Gasteiger partial charge in [-0.15, -0.1) is 0 Å². The second kappa shape index (κ2) is 5.20. The molecule has 2 rings (SSSR count). The van der Waals surface area contributed by atoms with Crippen molar-refractivity contribution in [2.75, 3.05) is 5.32 Å². The maximum absolute atomic E-state index is 12.0. The van der Waals surface area contributed by atoms with Gasteiger partial charge in [0.05, 0.1) is 10.6 Å².